The molecule has 1 atom stereocenters. The summed E-state index contributed by atoms with van der Waals surface area (Å²) in [6, 6.07) is 30.1. The molecule has 0 aliphatic carbocycles. The van der Waals surface area contributed by atoms with Gasteiger partial charge in [-0.15, -0.1) is 5.10 Å². The molecule has 0 fully saturated rings. The topological polar surface area (TPSA) is 117 Å². The summed E-state index contributed by atoms with van der Waals surface area (Å²) in [4.78, 5) is 21.4. The maximum absolute atomic E-state index is 11.3. The van der Waals surface area contributed by atoms with E-state index in [9.17, 15) is 5.11 Å². The minimum atomic E-state index is -0.959. The van der Waals surface area contributed by atoms with E-state index in [1.807, 2.05) is 119 Å². The number of benzene rings is 3. The van der Waals surface area contributed by atoms with E-state index >= 15 is 0 Å². The maximum atomic E-state index is 11.3. The fourth-order valence-electron chi connectivity index (χ4n) is 4.68. The smallest absolute Gasteiger partial charge is 0.255 e. The molecule has 11 nitrogen and oxygen atoms in total. The lowest BCUT2D eigenvalue weighted by Crippen LogP contribution is -2.36. The molecule has 0 spiro atoms. The Morgan fingerprint density at radius 3 is 1.81 bits per heavy atom. The first-order valence-electron chi connectivity index (χ1n) is 13.9. The second-order valence-corrected chi connectivity index (χ2v) is 10.5. The molecule has 5 rings (SSSR count). The Bertz CT molecular complexity index is 1570. The van der Waals surface area contributed by atoms with Crippen molar-refractivity contribution in [2.24, 2.45) is 9.98 Å². The zero-order valence-electron chi connectivity index (χ0n) is 24.7. The Labute approximate surface area is 250 Å². The molecule has 2 heterocycles. The van der Waals surface area contributed by atoms with Gasteiger partial charge in [0.2, 0.25) is 0 Å². The molecule has 0 amide bonds. The van der Waals surface area contributed by atoms with Gasteiger partial charge >= 0.3 is 0 Å². The fourth-order valence-corrected chi connectivity index (χ4v) is 4.68. The average molecular weight is 578 g/mol. The van der Waals surface area contributed by atoms with Crippen molar-refractivity contribution in [3.8, 4) is 0 Å². The Kier molecular flexibility index (Phi) is 9.14. The number of ether oxygens (including phenoxy) is 1. The zero-order chi connectivity index (χ0) is 30.2. The van der Waals surface area contributed by atoms with Gasteiger partial charge in [-0.1, -0.05) is 96.2 Å². The highest BCUT2D eigenvalue weighted by atomic mass is 16.5. The van der Waals surface area contributed by atoms with Gasteiger partial charge < -0.3 is 19.6 Å². The van der Waals surface area contributed by atoms with Crippen molar-refractivity contribution in [1.82, 2.24) is 34.8 Å². The van der Waals surface area contributed by atoms with E-state index in [1.54, 1.807) is 22.5 Å². The molecule has 2 aromatic heterocycles. The third-order valence-corrected chi connectivity index (χ3v) is 6.56. The molecule has 11 heteroatoms. The van der Waals surface area contributed by atoms with E-state index in [0.29, 0.717) is 17.0 Å². The average Bonchev–Trinajstić information content (AvgIpc) is 3.43. The van der Waals surface area contributed by atoms with Crippen LogP contribution in [0.4, 0.5) is 11.8 Å². The van der Waals surface area contributed by atoms with Gasteiger partial charge in [-0.05, 0) is 16.7 Å². The number of aliphatic imine (C=N–C) groups is 2. The van der Waals surface area contributed by atoms with Crippen LogP contribution in [0.15, 0.2) is 101 Å². The standard InChI is InChI=1S/C32H35N9O2/c1-39(2)22-33-29-28-30(36-31(35-29)34-23-40(3)4)41(38-37-28)20-27(42)21-43-32(24-14-8-5-9-15-24,25-16-10-6-11-17-25)26-18-12-7-13-19-26/h5-19,22-23,27,42H,20-21H2,1-4H3/b33-22+,34-23+/t27-/m0/s1. The molecule has 5 aromatic rings. The molecule has 0 aliphatic heterocycles. The SMILES string of the molecule is CN(C)/C=N/c1nc(/N=C/N(C)C)c2nnn(C[C@H](O)COC(c3ccccc3)(c3ccccc3)c3ccccc3)c2n1. The normalized spacial score (nSPS) is 12.8. The van der Waals surface area contributed by atoms with Crippen molar-refractivity contribution in [1.29, 1.82) is 0 Å². The van der Waals surface area contributed by atoms with E-state index < -0.39 is 11.7 Å². The Morgan fingerprint density at radius 2 is 1.30 bits per heavy atom. The van der Waals surface area contributed by atoms with E-state index in [1.165, 1.54) is 4.68 Å². The number of hydrogen-bond donors (Lipinski definition) is 1. The van der Waals surface area contributed by atoms with Gasteiger partial charge in [0.15, 0.2) is 17.0 Å². The first-order chi connectivity index (χ1) is 20.9. The summed E-state index contributed by atoms with van der Waals surface area (Å²) in [5.41, 5.74) is 2.70. The van der Waals surface area contributed by atoms with Gasteiger partial charge in [0, 0.05) is 28.2 Å². The lowest BCUT2D eigenvalue weighted by Gasteiger charge is -2.36. The predicted molar refractivity (Wildman–Crippen MR) is 168 cm³/mol. The monoisotopic (exact) mass is 577 g/mol. The van der Waals surface area contributed by atoms with Gasteiger partial charge in [-0.3, -0.25) is 0 Å². The molecular formula is C32H35N9O2. The van der Waals surface area contributed by atoms with Crippen LogP contribution in [0.2, 0.25) is 0 Å². The van der Waals surface area contributed by atoms with Crippen molar-refractivity contribution in [3.05, 3.63) is 108 Å². The summed E-state index contributed by atoms with van der Waals surface area (Å²) in [5.74, 6) is 0.537. The molecular weight excluding hydrogens is 542 g/mol. The van der Waals surface area contributed by atoms with Crippen LogP contribution in [0.5, 0.6) is 0 Å². The van der Waals surface area contributed by atoms with Crippen LogP contribution >= 0.6 is 0 Å². The van der Waals surface area contributed by atoms with Crippen LogP contribution in [-0.4, -0.2) is 93.4 Å². The molecule has 3 aromatic carbocycles. The molecule has 0 bridgehead atoms. The lowest BCUT2D eigenvalue weighted by molar-refractivity contribution is -0.0430. The summed E-state index contributed by atoms with van der Waals surface area (Å²) in [6.45, 7) is 0.0814. The van der Waals surface area contributed by atoms with Gasteiger partial charge in [-0.2, -0.15) is 9.97 Å². The minimum Gasteiger partial charge on any atom is -0.389 e. The number of aliphatic hydroxyl groups is 1. The van der Waals surface area contributed by atoms with Gasteiger partial charge in [0.1, 0.15) is 5.60 Å². The highest BCUT2D eigenvalue weighted by Gasteiger charge is 2.38. The number of aliphatic hydroxyl groups excluding tert-OH is 1. The Morgan fingerprint density at radius 1 is 0.791 bits per heavy atom. The highest BCUT2D eigenvalue weighted by Crippen LogP contribution is 2.40. The number of rotatable bonds is 12. The summed E-state index contributed by atoms with van der Waals surface area (Å²) >= 11 is 0. The Hall–Kier alpha value is -5.00. The zero-order valence-corrected chi connectivity index (χ0v) is 24.7. The molecule has 1 N–H and O–H groups in total. The van der Waals surface area contributed by atoms with Crippen LogP contribution in [-0.2, 0) is 16.9 Å². The number of nitrogens with zero attached hydrogens (tertiary/aromatic N) is 9. The molecule has 43 heavy (non-hydrogen) atoms. The van der Waals surface area contributed by atoms with E-state index in [4.69, 9.17) is 4.74 Å². The second-order valence-electron chi connectivity index (χ2n) is 10.5. The number of hydrogen-bond acceptors (Lipinski definition) is 8. The maximum Gasteiger partial charge on any atom is 0.255 e. The molecule has 0 saturated carbocycles. The van der Waals surface area contributed by atoms with E-state index in [2.05, 4.69) is 30.3 Å². The summed E-state index contributed by atoms with van der Waals surface area (Å²) in [5, 5.41) is 19.9. The van der Waals surface area contributed by atoms with Crippen molar-refractivity contribution < 1.29 is 9.84 Å². The van der Waals surface area contributed by atoms with Crippen LogP contribution < -0.4 is 0 Å². The molecule has 0 unspecified atom stereocenters. The third kappa shape index (κ3) is 6.74. The third-order valence-electron chi connectivity index (χ3n) is 6.56. The quantitative estimate of drug-likeness (QED) is 0.134. The largest absolute Gasteiger partial charge is 0.389 e. The summed E-state index contributed by atoms with van der Waals surface area (Å²) in [6.07, 6.45) is 2.28. The second kappa shape index (κ2) is 13.3. The molecule has 0 saturated heterocycles. The van der Waals surface area contributed by atoms with E-state index in [0.717, 1.165) is 16.7 Å². The van der Waals surface area contributed by atoms with Crippen molar-refractivity contribution in [2.45, 2.75) is 18.2 Å². The van der Waals surface area contributed by atoms with Crippen molar-refractivity contribution in [2.75, 3.05) is 34.8 Å². The van der Waals surface area contributed by atoms with Crippen LogP contribution in [0.3, 0.4) is 0 Å². The lowest BCUT2D eigenvalue weighted by atomic mass is 9.80. The highest BCUT2D eigenvalue weighted by molar-refractivity contribution is 5.83. The minimum absolute atomic E-state index is 0.00238. The fraction of sp³-hybridized carbons (Fsp3) is 0.250. The first-order valence-corrected chi connectivity index (χ1v) is 13.9. The number of aromatic nitrogens is 5. The van der Waals surface area contributed by atoms with Crippen LogP contribution in [0.1, 0.15) is 16.7 Å². The molecule has 0 radical (unpaired) electrons. The van der Waals surface area contributed by atoms with Gasteiger partial charge in [0.25, 0.3) is 5.95 Å². The Balaban J connectivity index is 1.49. The number of fused-ring (bicyclic) bond motifs is 1. The van der Waals surface area contributed by atoms with Crippen molar-refractivity contribution in [3.63, 3.8) is 0 Å². The summed E-state index contributed by atoms with van der Waals surface area (Å²) in [7, 11) is 7.44. The first kappa shape index (κ1) is 29.5. The van der Waals surface area contributed by atoms with Crippen LogP contribution in [0, 0.1) is 0 Å². The van der Waals surface area contributed by atoms with Gasteiger partial charge in [-0.25, -0.2) is 14.7 Å². The van der Waals surface area contributed by atoms with Gasteiger partial charge in [0.05, 0.1) is 31.9 Å². The molecule has 0 aliphatic rings. The van der Waals surface area contributed by atoms with E-state index in [-0.39, 0.29) is 19.1 Å². The van der Waals surface area contributed by atoms with Crippen LogP contribution in [0.25, 0.3) is 11.2 Å². The molecule has 220 valence electrons. The summed E-state index contributed by atoms with van der Waals surface area (Å²) < 4.78 is 8.32. The predicted octanol–water partition coefficient (Wildman–Crippen LogP) is 4.03. The van der Waals surface area contributed by atoms with Crippen molar-refractivity contribution >= 4 is 35.6 Å².